The molecular formula is C16H18N2O2S. The topological polar surface area (TPSA) is 64.3 Å². The first-order valence-electron chi connectivity index (χ1n) is 7.01. The van der Waals surface area contributed by atoms with Gasteiger partial charge in [0, 0.05) is 28.4 Å². The number of amides is 1. The molecule has 0 spiro atoms. The number of ether oxygens (including phenoxy) is 1. The van der Waals surface area contributed by atoms with Gasteiger partial charge in [-0.25, -0.2) is 0 Å². The van der Waals surface area contributed by atoms with Gasteiger partial charge < -0.3 is 15.8 Å². The summed E-state index contributed by atoms with van der Waals surface area (Å²) in [4.78, 5) is 13.8. The third-order valence-corrected chi connectivity index (χ3v) is 4.64. The number of nitrogens with two attached hydrogens (primary N) is 1. The van der Waals surface area contributed by atoms with E-state index in [9.17, 15) is 4.79 Å². The second kappa shape index (κ2) is 5.87. The molecule has 1 aromatic carbocycles. The van der Waals surface area contributed by atoms with Crippen molar-refractivity contribution in [3.63, 3.8) is 0 Å². The van der Waals surface area contributed by atoms with Crippen LogP contribution in [-0.2, 0) is 11.2 Å². The van der Waals surface area contributed by atoms with Crippen LogP contribution in [0.5, 0.6) is 5.75 Å². The Labute approximate surface area is 127 Å². The van der Waals surface area contributed by atoms with Crippen molar-refractivity contribution in [2.45, 2.75) is 25.9 Å². The number of thiophene rings is 1. The average Bonchev–Trinajstić information content (AvgIpc) is 2.91. The number of hydrogen-bond donors (Lipinski definition) is 2. The third kappa shape index (κ3) is 3.09. The van der Waals surface area contributed by atoms with E-state index in [2.05, 4.69) is 24.4 Å². The first-order chi connectivity index (χ1) is 10.2. The highest BCUT2D eigenvalue weighted by atomic mass is 32.1. The molecule has 0 saturated carbocycles. The molecule has 1 unspecified atom stereocenters. The summed E-state index contributed by atoms with van der Waals surface area (Å²) >= 11 is 1.71. The standard InChI is InChI=1S/C16H18N2O2S/c1-10-2-6-15(21-10)14(9-17)20-12-4-5-13-11(8-12)3-7-16(19)18-13/h2,4-6,8,14H,3,7,9,17H2,1H3,(H,18,19). The fraction of sp³-hybridized carbons (Fsp3) is 0.312. The normalized spacial score (nSPS) is 15.2. The van der Waals surface area contributed by atoms with Crippen LogP contribution < -0.4 is 15.8 Å². The molecule has 110 valence electrons. The van der Waals surface area contributed by atoms with E-state index in [1.54, 1.807) is 11.3 Å². The van der Waals surface area contributed by atoms with Crippen LogP contribution >= 0.6 is 11.3 Å². The Morgan fingerprint density at radius 2 is 2.19 bits per heavy atom. The Morgan fingerprint density at radius 1 is 1.33 bits per heavy atom. The molecule has 1 aliphatic rings. The van der Waals surface area contributed by atoms with Crippen LogP contribution in [0.25, 0.3) is 0 Å². The number of nitrogens with one attached hydrogen (secondary N) is 1. The summed E-state index contributed by atoms with van der Waals surface area (Å²) in [6, 6.07) is 9.92. The zero-order chi connectivity index (χ0) is 14.8. The highest BCUT2D eigenvalue weighted by Gasteiger charge is 2.17. The first-order valence-corrected chi connectivity index (χ1v) is 7.83. The van der Waals surface area contributed by atoms with Crippen molar-refractivity contribution in [3.8, 4) is 5.75 Å². The highest BCUT2D eigenvalue weighted by molar-refractivity contribution is 7.12. The zero-order valence-corrected chi connectivity index (χ0v) is 12.7. The maximum atomic E-state index is 11.4. The predicted molar refractivity (Wildman–Crippen MR) is 84.9 cm³/mol. The van der Waals surface area contributed by atoms with E-state index in [1.807, 2.05) is 18.2 Å². The highest BCUT2D eigenvalue weighted by Crippen LogP contribution is 2.31. The lowest BCUT2D eigenvalue weighted by Crippen LogP contribution is -2.20. The summed E-state index contributed by atoms with van der Waals surface area (Å²) in [5, 5.41) is 2.87. The molecule has 1 aliphatic heterocycles. The molecule has 0 aliphatic carbocycles. The van der Waals surface area contributed by atoms with Gasteiger partial charge in [-0.3, -0.25) is 4.79 Å². The van der Waals surface area contributed by atoms with Crippen LogP contribution in [0.2, 0.25) is 0 Å². The maximum absolute atomic E-state index is 11.4. The molecule has 1 aromatic heterocycles. The van der Waals surface area contributed by atoms with Crippen molar-refractivity contribution in [1.29, 1.82) is 0 Å². The van der Waals surface area contributed by atoms with Crippen molar-refractivity contribution in [3.05, 3.63) is 45.6 Å². The first kappa shape index (κ1) is 14.1. The molecule has 0 radical (unpaired) electrons. The quantitative estimate of drug-likeness (QED) is 0.912. The molecule has 5 heteroatoms. The van der Waals surface area contributed by atoms with E-state index < -0.39 is 0 Å². The third-order valence-electron chi connectivity index (χ3n) is 3.54. The molecule has 2 aromatic rings. The lowest BCUT2D eigenvalue weighted by Gasteiger charge is -2.20. The average molecular weight is 302 g/mol. The van der Waals surface area contributed by atoms with E-state index in [-0.39, 0.29) is 12.0 Å². The van der Waals surface area contributed by atoms with Gasteiger partial charge in [-0.05, 0) is 49.2 Å². The number of rotatable bonds is 4. The largest absolute Gasteiger partial charge is 0.484 e. The number of fused-ring (bicyclic) bond motifs is 1. The minimum atomic E-state index is -0.125. The summed E-state index contributed by atoms with van der Waals surface area (Å²) in [6.07, 6.45) is 1.16. The van der Waals surface area contributed by atoms with Crippen LogP contribution in [0.4, 0.5) is 5.69 Å². The van der Waals surface area contributed by atoms with Crippen molar-refractivity contribution >= 4 is 22.9 Å². The fourth-order valence-corrected chi connectivity index (χ4v) is 3.37. The van der Waals surface area contributed by atoms with E-state index >= 15 is 0 Å². The van der Waals surface area contributed by atoms with Crippen molar-refractivity contribution in [2.24, 2.45) is 5.73 Å². The fourth-order valence-electron chi connectivity index (χ4n) is 2.45. The lowest BCUT2D eigenvalue weighted by atomic mass is 10.0. The van der Waals surface area contributed by atoms with Gasteiger partial charge in [-0.2, -0.15) is 0 Å². The van der Waals surface area contributed by atoms with Gasteiger partial charge in [0.15, 0.2) is 0 Å². The number of anilines is 1. The molecule has 2 heterocycles. The molecule has 0 saturated heterocycles. The van der Waals surface area contributed by atoms with Crippen LogP contribution in [0.15, 0.2) is 30.3 Å². The Morgan fingerprint density at radius 3 is 2.90 bits per heavy atom. The Bertz CT molecular complexity index is 666. The lowest BCUT2D eigenvalue weighted by molar-refractivity contribution is -0.116. The van der Waals surface area contributed by atoms with Crippen molar-refractivity contribution < 1.29 is 9.53 Å². The van der Waals surface area contributed by atoms with Gasteiger partial charge in [0.1, 0.15) is 11.9 Å². The predicted octanol–water partition coefficient (Wildman–Crippen LogP) is 3.02. The van der Waals surface area contributed by atoms with Crippen LogP contribution in [-0.4, -0.2) is 12.5 Å². The molecule has 1 atom stereocenters. The summed E-state index contributed by atoms with van der Waals surface area (Å²) in [6.45, 7) is 2.51. The summed E-state index contributed by atoms with van der Waals surface area (Å²) in [7, 11) is 0. The van der Waals surface area contributed by atoms with E-state index in [0.29, 0.717) is 13.0 Å². The van der Waals surface area contributed by atoms with Crippen LogP contribution in [0, 0.1) is 6.92 Å². The van der Waals surface area contributed by atoms with Gasteiger partial charge in [-0.1, -0.05) is 0 Å². The number of carbonyl (C=O) groups excluding carboxylic acids is 1. The number of benzene rings is 1. The van der Waals surface area contributed by atoms with Gasteiger partial charge >= 0.3 is 0 Å². The van der Waals surface area contributed by atoms with E-state index in [1.165, 1.54) is 4.88 Å². The number of hydrogen-bond acceptors (Lipinski definition) is 4. The maximum Gasteiger partial charge on any atom is 0.224 e. The Hall–Kier alpha value is -1.85. The molecule has 4 nitrogen and oxygen atoms in total. The van der Waals surface area contributed by atoms with Crippen molar-refractivity contribution in [2.75, 3.05) is 11.9 Å². The van der Waals surface area contributed by atoms with Gasteiger partial charge in [-0.15, -0.1) is 11.3 Å². The molecular weight excluding hydrogens is 284 g/mol. The minimum Gasteiger partial charge on any atom is -0.484 e. The number of aryl methyl sites for hydroxylation is 2. The summed E-state index contributed by atoms with van der Waals surface area (Å²) in [5.41, 5.74) is 7.84. The SMILES string of the molecule is Cc1ccc(C(CN)Oc2ccc3c(c2)CCC(=O)N3)s1. The molecule has 21 heavy (non-hydrogen) atoms. The van der Waals surface area contributed by atoms with Crippen LogP contribution in [0.3, 0.4) is 0 Å². The minimum absolute atomic E-state index is 0.0741. The molecule has 3 N–H and O–H groups in total. The zero-order valence-electron chi connectivity index (χ0n) is 11.9. The second-order valence-corrected chi connectivity index (χ2v) is 6.48. The van der Waals surface area contributed by atoms with E-state index in [4.69, 9.17) is 10.5 Å². The Kier molecular flexibility index (Phi) is 3.94. The van der Waals surface area contributed by atoms with Gasteiger partial charge in [0.2, 0.25) is 5.91 Å². The van der Waals surface area contributed by atoms with E-state index in [0.717, 1.165) is 28.3 Å². The molecule has 1 amide bonds. The summed E-state index contributed by atoms with van der Waals surface area (Å²) < 4.78 is 6.03. The van der Waals surface area contributed by atoms with Gasteiger partial charge in [0.25, 0.3) is 0 Å². The van der Waals surface area contributed by atoms with Gasteiger partial charge in [0.05, 0.1) is 0 Å². The molecule has 0 bridgehead atoms. The molecule has 0 fully saturated rings. The van der Waals surface area contributed by atoms with Crippen molar-refractivity contribution in [1.82, 2.24) is 0 Å². The summed E-state index contributed by atoms with van der Waals surface area (Å²) in [5.74, 6) is 0.872. The number of carbonyl (C=O) groups is 1. The second-order valence-electron chi connectivity index (χ2n) is 5.16. The monoisotopic (exact) mass is 302 g/mol. The Balaban J connectivity index is 1.79. The van der Waals surface area contributed by atoms with Crippen LogP contribution in [0.1, 0.15) is 27.8 Å². The smallest absolute Gasteiger partial charge is 0.224 e. The molecule has 3 rings (SSSR count).